The fourth-order valence-electron chi connectivity index (χ4n) is 2.58. The van der Waals surface area contributed by atoms with E-state index in [4.69, 9.17) is 34.8 Å². The summed E-state index contributed by atoms with van der Waals surface area (Å²) >= 11 is 19.9. The summed E-state index contributed by atoms with van der Waals surface area (Å²) < 4.78 is 0. The molecule has 0 bridgehead atoms. The van der Waals surface area contributed by atoms with Crippen molar-refractivity contribution in [2.75, 3.05) is 12.3 Å². The highest BCUT2D eigenvalue weighted by atomic mass is 35.5. The first-order valence-corrected chi connectivity index (χ1v) is 9.38. The van der Waals surface area contributed by atoms with Gasteiger partial charge in [-0.2, -0.15) is 0 Å². The maximum absolute atomic E-state index is 12.9. The lowest BCUT2D eigenvalue weighted by Gasteiger charge is -2.25. The van der Waals surface area contributed by atoms with Gasteiger partial charge in [0.25, 0.3) is 11.6 Å². The summed E-state index contributed by atoms with van der Waals surface area (Å²) in [5.74, 6) is 0.459. The summed E-state index contributed by atoms with van der Waals surface area (Å²) in [5.41, 5.74) is 0.861. The van der Waals surface area contributed by atoms with E-state index in [-0.39, 0.29) is 27.6 Å². The molecule has 1 aliphatic heterocycles. The van der Waals surface area contributed by atoms with E-state index in [0.29, 0.717) is 16.6 Å². The summed E-state index contributed by atoms with van der Waals surface area (Å²) in [6.45, 7) is 0.528. The third-order valence-electron chi connectivity index (χ3n) is 3.77. The van der Waals surface area contributed by atoms with Crippen molar-refractivity contribution in [3.05, 3.63) is 72.7 Å². The van der Waals surface area contributed by atoms with Crippen molar-refractivity contribution in [1.82, 2.24) is 4.90 Å². The van der Waals surface area contributed by atoms with Gasteiger partial charge in [-0.05, 0) is 18.2 Å². The molecule has 1 aliphatic rings. The molecule has 1 saturated heterocycles. The van der Waals surface area contributed by atoms with Gasteiger partial charge < -0.3 is 4.90 Å². The Morgan fingerprint density at radius 2 is 1.92 bits per heavy atom. The number of halogens is 3. The van der Waals surface area contributed by atoms with Crippen LogP contribution in [-0.2, 0) is 0 Å². The maximum atomic E-state index is 12.9. The van der Waals surface area contributed by atoms with E-state index < -0.39 is 4.92 Å². The topological polar surface area (TPSA) is 63.4 Å². The van der Waals surface area contributed by atoms with E-state index >= 15 is 0 Å². The van der Waals surface area contributed by atoms with Gasteiger partial charge in [-0.3, -0.25) is 14.9 Å². The molecule has 1 fully saturated rings. The number of nitro benzene ring substituents is 1. The molecule has 9 heteroatoms. The lowest BCUT2D eigenvalue weighted by molar-refractivity contribution is -0.384. The van der Waals surface area contributed by atoms with Crippen molar-refractivity contribution in [3.8, 4) is 0 Å². The van der Waals surface area contributed by atoms with Crippen molar-refractivity contribution in [3.63, 3.8) is 0 Å². The zero-order valence-electron chi connectivity index (χ0n) is 12.6. The number of nitrogens with zero attached hydrogens (tertiary/aromatic N) is 2. The molecule has 0 radical (unpaired) electrons. The minimum Gasteiger partial charge on any atom is -0.322 e. The van der Waals surface area contributed by atoms with E-state index in [0.717, 1.165) is 11.3 Å². The van der Waals surface area contributed by atoms with E-state index in [1.54, 1.807) is 34.9 Å². The Kier molecular flexibility index (Phi) is 5.43. The summed E-state index contributed by atoms with van der Waals surface area (Å²) in [4.78, 5) is 24.8. The molecule has 1 amide bonds. The van der Waals surface area contributed by atoms with Gasteiger partial charge in [0.2, 0.25) is 0 Å². The minimum absolute atomic E-state index is 0.0528. The molecule has 5 nitrogen and oxygen atoms in total. The molecule has 1 atom stereocenters. The Balaban J connectivity index is 1.92. The predicted molar refractivity (Wildman–Crippen MR) is 101 cm³/mol. The van der Waals surface area contributed by atoms with Gasteiger partial charge in [0, 0.05) is 40.0 Å². The van der Waals surface area contributed by atoms with E-state index in [2.05, 4.69) is 0 Å². The second-order valence-corrected chi connectivity index (χ2v) is 7.75. The van der Waals surface area contributed by atoms with Crippen LogP contribution in [0, 0.1) is 10.1 Å². The molecule has 1 unspecified atom stereocenters. The van der Waals surface area contributed by atoms with Gasteiger partial charge in [0.1, 0.15) is 5.37 Å². The maximum Gasteiger partial charge on any atom is 0.270 e. The van der Waals surface area contributed by atoms with Crippen molar-refractivity contribution < 1.29 is 9.72 Å². The van der Waals surface area contributed by atoms with Gasteiger partial charge in [-0.15, -0.1) is 11.8 Å². The molecular weight excluding hydrogens is 407 g/mol. The molecule has 130 valence electrons. The summed E-state index contributed by atoms with van der Waals surface area (Å²) in [6, 6.07) is 8.99. The lowest BCUT2D eigenvalue weighted by atomic mass is 10.1. The van der Waals surface area contributed by atoms with Crippen LogP contribution in [-0.4, -0.2) is 28.0 Å². The number of non-ortho nitro benzene ring substituents is 1. The molecular formula is C16H11Cl3N2O3S. The Morgan fingerprint density at radius 1 is 1.16 bits per heavy atom. The number of hydrogen-bond donors (Lipinski definition) is 0. The summed E-state index contributed by atoms with van der Waals surface area (Å²) in [7, 11) is 0. The summed E-state index contributed by atoms with van der Waals surface area (Å²) in [6.07, 6.45) is 0. The highest BCUT2D eigenvalue weighted by Crippen LogP contribution is 2.42. The SMILES string of the molecule is O=C(c1ccc([N+](=O)[O-])cc1Cl)N1CCSC1c1ccc(Cl)cc1Cl. The molecule has 2 aromatic carbocycles. The van der Waals surface area contributed by atoms with Crippen LogP contribution in [0.4, 0.5) is 5.69 Å². The average Bonchev–Trinajstić information content (AvgIpc) is 3.03. The molecule has 0 aliphatic carbocycles. The van der Waals surface area contributed by atoms with Crippen LogP contribution in [0.3, 0.4) is 0 Å². The first-order valence-electron chi connectivity index (χ1n) is 7.20. The van der Waals surface area contributed by atoms with Crippen LogP contribution in [0.2, 0.25) is 15.1 Å². The smallest absolute Gasteiger partial charge is 0.270 e. The Hall–Kier alpha value is -1.47. The number of carbonyl (C=O) groups excluding carboxylic acids is 1. The first-order chi connectivity index (χ1) is 11.9. The van der Waals surface area contributed by atoms with Crippen molar-refractivity contribution >= 4 is 58.2 Å². The first kappa shape index (κ1) is 18.3. The predicted octanol–water partition coefficient (Wildman–Crippen LogP) is 5.44. The van der Waals surface area contributed by atoms with E-state index in [1.165, 1.54) is 18.2 Å². The fraction of sp³-hybridized carbons (Fsp3) is 0.188. The highest BCUT2D eigenvalue weighted by Gasteiger charge is 2.33. The van der Waals surface area contributed by atoms with Crippen molar-refractivity contribution in [1.29, 1.82) is 0 Å². The number of benzene rings is 2. The molecule has 0 N–H and O–H groups in total. The van der Waals surface area contributed by atoms with E-state index in [9.17, 15) is 14.9 Å². The summed E-state index contributed by atoms with van der Waals surface area (Å²) in [5, 5.41) is 11.6. The standard InChI is InChI=1S/C16H11Cl3N2O3S/c17-9-1-3-12(13(18)7-9)16-20(5-6-25-16)15(22)11-4-2-10(21(23)24)8-14(11)19/h1-4,7-8,16H,5-6H2. The molecule has 25 heavy (non-hydrogen) atoms. The van der Waals surface area contributed by atoms with Crippen LogP contribution in [0.15, 0.2) is 36.4 Å². The quantitative estimate of drug-likeness (QED) is 0.492. The second-order valence-electron chi connectivity index (χ2n) is 5.31. The molecule has 3 rings (SSSR count). The number of amides is 1. The van der Waals surface area contributed by atoms with Crippen molar-refractivity contribution in [2.45, 2.75) is 5.37 Å². The zero-order chi connectivity index (χ0) is 18.1. The number of rotatable bonds is 3. The molecule has 0 saturated carbocycles. The number of thioether (sulfide) groups is 1. The molecule has 2 aromatic rings. The van der Waals surface area contributed by atoms with Crippen LogP contribution in [0.1, 0.15) is 21.3 Å². The molecule has 0 aromatic heterocycles. The lowest BCUT2D eigenvalue weighted by Crippen LogP contribution is -2.30. The Morgan fingerprint density at radius 3 is 2.56 bits per heavy atom. The third kappa shape index (κ3) is 3.72. The van der Waals surface area contributed by atoms with Gasteiger partial charge in [0.15, 0.2) is 0 Å². The minimum atomic E-state index is -0.553. The van der Waals surface area contributed by atoms with Gasteiger partial charge >= 0.3 is 0 Å². The fourth-order valence-corrected chi connectivity index (χ4v) is 4.71. The normalized spacial score (nSPS) is 16.9. The van der Waals surface area contributed by atoms with Gasteiger partial charge in [0.05, 0.1) is 15.5 Å². The van der Waals surface area contributed by atoms with Crippen molar-refractivity contribution in [2.24, 2.45) is 0 Å². The third-order valence-corrected chi connectivity index (χ3v) is 5.89. The number of carbonyl (C=O) groups is 1. The van der Waals surface area contributed by atoms with Gasteiger partial charge in [-0.25, -0.2) is 0 Å². The zero-order valence-corrected chi connectivity index (χ0v) is 15.7. The van der Waals surface area contributed by atoms with Gasteiger partial charge in [-0.1, -0.05) is 40.9 Å². The van der Waals surface area contributed by atoms with Crippen LogP contribution >= 0.6 is 46.6 Å². The Labute approximate surface area is 163 Å². The van der Waals surface area contributed by atoms with Crippen LogP contribution < -0.4 is 0 Å². The van der Waals surface area contributed by atoms with E-state index in [1.807, 2.05) is 0 Å². The van der Waals surface area contributed by atoms with Crippen LogP contribution in [0.25, 0.3) is 0 Å². The number of hydrogen-bond acceptors (Lipinski definition) is 4. The number of nitro groups is 1. The monoisotopic (exact) mass is 416 g/mol. The largest absolute Gasteiger partial charge is 0.322 e. The average molecular weight is 418 g/mol. The Bertz CT molecular complexity index is 863. The van der Waals surface area contributed by atoms with Crippen LogP contribution in [0.5, 0.6) is 0 Å². The second kappa shape index (κ2) is 7.41. The highest BCUT2D eigenvalue weighted by molar-refractivity contribution is 7.99. The molecule has 0 spiro atoms. The molecule has 1 heterocycles.